The molecule has 0 aliphatic carbocycles. The molecule has 2 N–H and O–H groups in total. The van der Waals surface area contributed by atoms with E-state index in [2.05, 4.69) is 20.9 Å². The number of nitrogens with zero attached hydrogens (tertiary/aromatic N) is 2. The Hall–Kier alpha value is -1.79. The molecular formula is C14H10BrClFN3O. The average Bonchev–Trinajstić information content (AvgIpc) is 2.74. The first-order chi connectivity index (χ1) is 10.0. The van der Waals surface area contributed by atoms with E-state index >= 15 is 0 Å². The second-order valence-corrected chi connectivity index (χ2v) is 5.70. The Morgan fingerprint density at radius 3 is 2.81 bits per heavy atom. The zero-order valence-electron chi connectivity index (χ0n) is 10.9. The molecule has 0 aliphatic rings. The molecule has 0 spiro atoms. The smallest absolute Gasteiger partial charge is 0.206 e. The highest BCUT2D eigenvalue weighted by Gasteiger charge is 2.16. The summed E-state index contributed by atoms with van der Waals surface area (Å²) in [5, 5.41) is 0.0117. The van der Waals surface area contributed by atoms with E-state index in [-0.39, 0.29) is 11.0 Å². The number of aromatic nitrogens is 2. The van der Waals surface area contributed by atoms with Crippen LogP contribution in [0.2, 0.25) is 5.02 Å². The summed E-state index contributed by atoms with van der Waals surface area (Å²) in [7, 11) is 1.56. The lowest BCUT2D eigenvalue weighted by molar-refractivity contribution is 0.413. The monoisotopic (exact) mass is 369 g/mol. The number of imidazole rings is 1. The summed E-state index contributed by atoms with van der Waals surface area (Å²) in [5.41, 5.74) is 7.70. The molecule has 1 heterocycles. The third kappa shape index (κ3) is 2.34. The molecular weight excluding hydrogens is 361 g/mol. The van der Waals surface area contributed by atoms with Crippen molar-refractivity contribution in [1.82, 2.24) is 9.55 Å². The molecule has 3 aromatic rings. The van der Waals surface area contributed by atoms with Gasteiger partial charge in [-0.2, -0.15) is 0 Å². The number of nitrogen functional groups attached to an aromatic ring is 1. The first-order valence-electron chi connectivity index (χ1n) is 5.98. The van der Waals surface area contributed by atoms with Gasteiger partial charge in [0.05, 0.1) is 28.9 Å². The van der Waals surface area contributed by atoms with E-state index in [9.17, 15) is 4.39 Å². The summed E-state index contributed by atoms with van der Waals surface area (Å²) in [6, 6.07) is 8.25. The van der Waals surface area contributed by atoms with Gasteiger partial charge < -0.3 is 10.5 Å². The zero-order chi connectivity index (χ0) is 15.1. The van der Waals surface area contributed by atoms with E-state index in [0.29, 0.717) is 22.5 Å². The number of anilines is 1. The van der Waals surface area contributed by atoms with Crippen LogP contribution in [0.4, 0.5) is 10.3 Å². The molecule has 0 saturated heterocycles. The van der Waals surface area contributed by atoms with Gasteiger partial charge in [-0.15, -0.1) is 0 Å². The van der Waals surface area contributed by atoms with E-state index in [4.69, 9.17) is 22.1 Å². The molecule has 108 valence electrons. The molecule has 0 unspecified atom stereocenters. The van der Waals surface area contributed by atoms with E-state index in [1.165, 1.54) is 12.1 Å². The van der Waals surface area contributed by atoms with Crippen LogP contribution < -0.4 is 10.5 Å². The van der Waals surface area contributed by atoms with E-state index in [1.54, 1.807) is 17.7 Å². The number of methoxy groups -OCH3 is 1. The molecule has 0 amide bonds. The Bertz CT molecular complexity index is 850. The largest absolute Gasteiger partial charge is 0.495 e. The van der Waals surface area contributed by atoms with Crippen LogP contribution in [0.5, 0.6) is 5.75 Å². The van der Waals surface area contributed by atoms with Crippen molar-refractivity contribution in [3.63, 3.8) is 0 Å². The minimum absolute atomic E-state index is 0.0117. The van der Waals surface area contributed by atoms with Gasteiger partial charge in [0.25, 0.3) is 0 Å². The summed E-state index contributed by atoms with van der Waals surface area (Å²) in [4.78, 5) is 4.17. The van der Waals surface area contributed by atoms with Crippen molar-refractivity contribution in [3.05, 3.63) is 45.6 Å². The van der Waals surface area contributed by atoms with Crippen molar-refractivity contribution in [3.8, 4) is 11.4 Å². The van der Waals surface area contributed by atoms with Crippen LogP contribution in [0.25, 0.3) is 16.7 Å². The summed E-state index contributed by atoms with van der Waals surface area (Å²) in [6.07, 6.45) is 0. The van der Waals surface area contributed by atoms with Crippen molar-refractivity contribution >= 4 is 44.5 Å². The maximum Gasteiger partial charge on any atom is 0.206 e. The molecule has 7 heteroatoms. The van der Waals surface area contributed by atoms with Crippen molar-refractivity contribution in [1.29, 1.82) is 0 Å². The van der Waals surface area contributed by atoms with Crippen molar-refractivity contribution < 1.29 is 9.13 Å². The Kier molecular flexibility index (Phi) is 3.51. The number of hydrogen-bond donors (Lipinski definition) is 1. The third-order valence-corrected chi connectivity index (χ3v) is 3.89. The maximum atomic E-state index is 13.5. The van der Waals surface area contributed by atoms with Gasteiger partial charge in [0.15, 0.2) is 0 Å². The Morgan fingerprint density at radius 1 is 1.33 bits per heavy atom. The highest BCUT2D eigenvalue weighted by molar-refractivity contribution is 9.10. The van der Waals surface area contributed by atoms with E-state index in [1.807, 2.05) is 12.1 Å². The van der Waals surface area contributed by atoms with Gasteiger partial charge in [-0.1, -0.05) is 27.5 Å². The van der Waals surface area contributed by atoms with E-state index in [0.717, 1.165) is 4.47 Å². The van der Waals surface area contributed by atoms with Gasteiger partial charge in [0.2, 0.25) is 5.95 Å². The summed E-state index contributed by atoms with van der Waals surface area (Å²) in [6.45, 7) is 0. The predicted molar refractivity (Wildman–Crippen MR) is 84.7 cm³/mol. The Morgan fingerprint density at radius 2 is 2.10 bits per heavy atom. The van der Waals surface area contributed by atoms with E-state index < -0.39 is 5.82 Å². The van der Waals surface area contributed by atoms with Crippen LogP contribution in [0.15, 0.2) is 34.8 Å². The second-order valence-electron chi connectivity index (χ2n) is 4.38. The molecule has 0 atom stereocenters. The fourth-order valence-electron chi connectivity index (χ4n) is 2.18. The molecule has 3 rings (SSSR count). The number of benzene rings is 2. The maximum absolute atomic E-state index is 13.5. The average molecular weight is 371 g/mol. The molecule has 0 bridgehead atoms. The summed E-state index contributed by atoms with van der Waals surface area (Å²) < 4.78 is 21.4. The molecule has 0 saturated carbocycles. The second kappa shape index (κ2) is 5.20. The van der Waals surface area contributed by atoms with Crippen LogP contribution in [0.1, 0.15) is 0 Å². The number of ether oxygens (including phenoxy) is 1. The third-order valence-electron chi connectivity index (χ3n) is 3.10. The van der Waals surface area contributed by atoms with Crippen molar-refractivity contribution in [2.24, 2.45) is 0 Å². The minimum Gasteiger partial charge on any atom is -0.495 e. The minimum atomic E-state index is -0.532. The molecule has 2 aromatic carbocycles. The molecule has 0 aliphatic heterocycles. The van der Waals surface area contributed by atoms with Crippen LogP contribution in [0.3, 0.4) is 0 Å². The van der Waals surface area contributed by atoms with Gasteiger partial charge in [-0.3, -0.25) is 4.57 Å². The summed E-state index contributed by atoms with van der Waals surface area (Å²) >= 11 is 9.27. The molecule has 0 fully saturated rings. The lowest BCUT2D eigenvalue weighted by Crippen LogP contribution is -2.03. The van der Waals surface area contributed by atoms with Crippen LogP contribution >= 0.6 is 27.5 Å². The van der Waals surface area contributed by atoms with Gasteiger partial charge >= 0.3 is 0 Å². The van der Waals surface area contributed by atoms with Gasteiger partial charge in [-0.25, -0.2) is 9.37 Å². The van der Waals surface area contributed by atoms with Crippen molar-refractivity contribution in [2.45, 2.75) is 0 Å². The number of halogens is 3. The molecule has 4 nitrogen and oxygen atoms in total. The highest BCUT2D eigenvalue weighted by atomic mass is 79.9. The number of rotatable bonds is 2. The fraction of sp³-hybridized carbons (Fsp3) is 0.0714. The Labute approximate surface area is 133 Å². The summed E-state index contributed by atoms with van der Waals surface area (Å²) in [5.74, 6) is 0.308. The SMILES string of the molecule is COc1ccc(Br)cc1-n1c(N)nc2cc(F)c(Cl)cc21. The number of nitrogens with two attached hydrogens (primary N) is 1. The molecule has 21 heavy (non-hydrogen) atoms. The predicted octanol–water partition coefficient (Wildman–Crippen LogP) is 4.17. The lowest BCUT2D eigenvalue weighted by atomic mass is 10.2. The first-order valence-corrected chi connectivity index (χ1v) is 7.15. The van der Waals surface area contributed by atoms with Crippen LogP contribution in [0, 0.1) is 5.82 Å². The lowest BCUT2D eigenvalue weighted by Gasteiger charge is -2.12. The number of fused-ring (bicyclic) bond motifs is 1. The van der Waals surface area contributed by atoms with Crippen molar-refractivity contribution in [2.75, 3.05) is 12.8 Å². The fourth-order valence-corrected chi connectivity index (χ4v) is 2.69. The van der Waals surface area contributed by atoms with Gasteiger partial charge in [0, 0.05) is 10.5 Å². The topological polar surface area (TPSA) is 53.1 Å². The Balaban J connectivity index is 2.37. The number of hydrogen-bond acceptors (Lipinski definition) is 3. The molecule has 0 radical (unpaired) electrons. The molecule has 1 aromatic heterocycles. The van der Waals surface area contributed by atoms with Crippen LogP contribution in [-0.2, 0) is 0 Å². The highest BCUT2D eigenvalue weighted by Crippen LogP contribution is 2.33. The normalized spacial score (nSPS) is 11.0. The first kappa shape index (κ1) is 14.2. The van der Waals surface area contributed by atoms with Gasteiger partial charge in [0.1, 0.15) is 11.6 Å². The van der Waals surface area contributed by atoms with Gasteiger partial charge in [-0.05, 0) is 24.3 Å². The standard InChI is InChI=1S/C14H10BrClFN3O/c1-21-13-3-2-7(15)4-12(13)20-11-5-8(16)9(17)6-10(11)19-14(20)18/h2-6H,1H3,(H2,18,19). The quantitative estimate of drug-likeness (QED) is 0.736. The van der Waals surface area contributed by atoms with Crippen LogP contribution in [-0.4, -0.2) is 16.7 Å². The zero-order valence-corrected chi connectivity index (χ0v) is 13.2.